The van der Waals surface area contributed by atoms with Crippen molar-refractivity contribution in [2.45, 2.75) is 19.1 Å². The highest BCUT2D eigenvalue weighted by Crippen LogP contribution is 1.98. The lowest BCUT2D eigenvalue weighted by Crippen LogP contribution is -2.47. The highest BCUT2D eigenvalue weighted by Gasteiger charge is 2.15. The normalized spacial score (nSPS) is 36.7. The van der Waals surface area contributed by atoms with Gasteiger partial charge in [-0.1, -0.05) is 0 Å². The lowest BCUT2D eigenvalue weighted by molar-refractivity contribution is 0.00184. The summed E-state index contributed by atoms with van der Waals surface area (Å²) in [6, 6.07) is 0.154. The Morgan fingerprint density at radius 1 is 1.78 bits per heavy atom. The largest absolute Gasteiger partial charge is 0.395 e. The minimum atomic E-state index is 0.154. The molecule has 0 spiro atoms. The number of ether oxygens (including phenoxy) is 1. The van der Waals surface area contributed by atoms with Gasteiger partial charge in [-0.05, 0) is 6.92 Å². The molecule has 0 aromatic heterocycles. The molecule has 1 saturated heterocycles. The molecule has 54 valence electrons. The van der Waals surface area contributed by atoms with Gasteiger partial charge in [0.05, 0.1) is 25.4 Å². The summed E-state index contributed by atoms with van der Waals surface area (Å²) in [7, 11) is 0. The standard InChI is InChI=1S/C6H13NO2/c1-5-2-7-6(3-8)4-9-5/h5-8H,2-4H2,1H3/t5-,6-/m0/s1. The van der Waals surface area contributed by atoms with Gasteiger partial charge in [0.2, 0.25) is 0 Å². The summed E-state index contributed by atoms with van der Waals surface area (Å²) in [5, 5.41) is 11.8. The molecule has 0 aromatic rings. The molecule has 3 nitrogen and oxygen atoms in total. The van der Waals surface area contributed by atoms with Gasteiger partial charge in [0.1, 0.15) is 0 Å². The molecule has 0 radical (unpaired) electrons. The minimum Gasteiger partial charge on any atom is -0.395 e. The van der Waals surface area contributed by atoms with E-state index in [-0.39, 0.29) is 12.6 Å². The van der Waals surface area contributed by atoms with Gasteiger partial charge in [-0.15, -0.1) is 0 Å². The van der Waals surface area contributed by atoms with Crippen molar-refractivity contribution in [2.75, 3.05) is 19.8 Å². The molecule has 3 heteroatoms. The lowest BCUT2D eigenvalue weighted by Gasteiger charge is -2.26. The van der Waals surface area contributed by atoms with Gasteiger partial charge in [0.25, 0.3) is 0 Å². The topological polar surface area (TPSA) is 41.5 Å². The lowest BCUT2D eigenvalue weighted by atomic mass is 10.2. The average Bonchev–Trinajstić information content (AvgIpc) is 1.90. The molecule has 0 aromatic carbocycles. The van der Waals surface area contributed by atoms with Crippen molar-refractivity contribution in [3.63, 3.8) is 0 Å². The van der Waals surface area contributed by atoms with Crippen molar-refractivity contribution in [3.05, 3.63) is 0 Å². The molecule has 2 atom stereocenters. The number of rotatable bonds is 1. The summed E-state index contributed by atoms with van der Waals surface area (Å²) in [5.41, 5.74) is 0. The Bertz CT molecular complexity index is 79.1. The van der Waals surface area contributed by atoms with Gasteiger partial charge in [0.15, 0.2) is 0 Å². The molecule has 1 fully saturated rings. The van der Waals surface area contributed by atoms with Crippen molar-refractivity contribution in [2.24, 2.45) is 0 Å². The zero-order valence-corrected chi connectivity index (χ0v) is 5.63. The number of aliphatic hydroxyl groups excluding tert-OH is 1. The Kier molecular flexibility index (Phi) is 2.45. The quantitative estimate of drug-likeness (QED) is 0.497. The number of hydrogen-bond acceptors (Lipinski definition) is 3. The van der Waals surface area contributed by atoms with E-state index >= 15 is 0 Å². The third-order valence-corrected chi connectivity index (χ3v) is 1.50. The van der Waals surface area contributed by atoms with Gasteiger partial charge in [-0.2, -0.15) is 0 Å². The van der Waals surface area contributed by atoms with Crippen LogP contribution in [0.5, 0.6) is 0 Å². The third-order valence-electron chi connectivity index (χ3n) is 1.50. The van der Waals surface area contributed by atoms with E-state index < -0.39 is 0 Å². The Hall–Kier alpha value is -0.120. The summed E-state index contributed by atoms with van der Waals surface area (Å²) < 4.78 is 5.26. The van der Waals surface area contributed by atoms with Crippen LogP contribution < -0.4 is 5.32 Å². The van der Waals surface area contributed by atoms with E-state index in [4.69, 9.17) is 9.84 Å². The van der Waals surface area contributed by atoms with E-state index in [1.54, 1.807) is 0 Å². The van der Waals surface area contributed by atoms with Gasteiger partial charge in [0, 0.05) is 6.54 Å². The Morgan fingerprint density at radius 2 is 2.56 bits per heavy atom. The van der Waals surface area contributed by atoms with Gasteiger partial charge in [-0.3, -0.25) is 0 Å². The van der Waals surface area contributed by atoms with Crippen LogP contribution >= 0.6 is 0 Å². The van der Waals surface area contributed by atoms with Crippen LogP contribution in [0.4, 0.5) is 0 Å². The first-order chi connectivity index (χ1) is 4.33. The van der Waals surface area contributed by atoms with E-state index in [1.807, 2.05) is 6.92 Å². The molecular weight excluding hydrogens is 118 g/mol. The molecule has 1 aliphatic rings. The molecule has 1 heterocycles. The van der Waals surface area contributed by atoms with Crippen LogP contribution in [-0.4, -0.2) is 37.0 Å². The van der Waals surface area contributed by atoms with Gasteiger partial charge in [-0.25, -0.2) is 0 Å². The summed E-state index contributed by atoms with van der Waals surface area (Å²) >= 11 is 0. The molecule has 0 unspecified atom stereocenters. The molecule has 0 bridgehead atoms. The second kappa shape index (κ2) is 3.15. The molecule has 0 saturated carbocycles. The fourth-order valence-electron chi connectivity index (χ4n) is 0.848. The number of nitrogens with one attached hydrogen (secondary N) is 1. The molecule has 0 aliphatic carbocycles. The summed E-state index contributed by atoms with van der Waals surface area (Å²) in [4.78, 5) is 0. The second-order valence-electron chi connectivity index (χ2n) is 2.43. The van der Waals surface area contributed by atoms with Crippen molar-refractivity contribution >= 4 is 0 Å². The van der Waals surface area contributed by atoms with Crippen molar-refractivity contribution in [1.82, 2.24) is 5.32 Å². The maximum absolute atomic E-state index is 8.63. The summed E-state index contributed by atoms with van der Waals surface area (Å²) in [5.74, 6) is 0. The predicted molar refractivity (Wildman–Crippen MR) is 34.3 cm³/mol. The molecule has 1 rings (SSSR count). The van der Waals surface area contributed by atoms with E-state index in [0.717, 1.165) is 6.54 Å². The van der Waals surface area contributed by atoms with Crippen molar-refractivity contribution in [3.8, 4) is 0 Å². The van der Waals surface area contributed by atoms with E-state index in [9.17, 15) is 0 Å². The molecule has 2 N–H and O–H groups in total. The molecule has 9 heavy (non-hydrogen) atoms. The van der Waals surface area contributed by atoms with Crippen LogP contribution in [0.25, 0.3) is 0 Å². The Balaban J connectivity index is 2.18. The number of morpholine rings is 1. The summed E-state index contributed by atoms with van der Waals surface area (Å²) in [6.07, 6.45) is 0.299. The zero-order chi connectivity index (χ0) is 6.69. The van der Waals surface area contributed by atoms with Gasteiger partial charge >= 0.3 is 0 Å². The van der Waals surface area contributed by atoms with Crippen LogP contribution in [-0.2, 0) is 4.74 Å². The first-order valence-electron chi connectivity index (χ1n) is 3.28. The maximum atomic E-state index is 8.63. The van der Waals surface area contributed by atoms with Gasteiger partial charge < -0.3 is 15.2 Å². The highest BCUT2D eigenvalue weighted by molar-refractivity contribution is 4.72. The number of hydrogen-bond donors (Lipinski definition) is 2. The van der Waals surface area contributed by atoms with Crippen molar-refractivity contribution in [1.29, 1.82) is 0 Å². The zero-order valence-electron chi connectivity index (χ0n) is 5.63. The smallest absolute Gasteiger partial charge is 0.0672 e. The van der Waals surface area contributed by atoms with Crippen LogP contribution in [0.15, 0.2) is 0 Å². The van der Waals surface area contributed by atoms with Crippen LogP contribution in [0.2, 0.25) is 0 Å². The first-order valence-corrected chi connectivity index (χ1v) is 3.28. The first kappa shape index (κ1) is 6.99. The Morgan fingerprint density at radius 3 is 3.00 bits per heavy atom. The highest BCUT2D eigenvalue weighted by atomic mass is 16.5. The van der Waals surface area contributed by atoms with E-state index in [2.05, 4.69) is 5.32 Å². The molecule has 1 aliphatic heterocycles. The second-order valence-corrected chi connectivity index (χ2v) is 2.43. The minimum absolute atomic E-state index is 0.154. The van der Waals surface area contributed by atoms with Crippen LogP contribution in [0, 0.1) is 0 Å². The monoisotopic (exact) mass is 131 g/mol. The number of aliphatic hydroxyl groups is 1. The Labute approximate surface area is 55.0 Å². The fourth-order valence-corrected chi connectivity index (χ4v) is 0.848. The fraction of sp³-hybridized carbons (Fsp3) is 1.00. The third kappa shape index (κ3) is 1.93. The maximum Gasteiger partial charge on any atom is 0.0672 e. The average molecular weight is 131 g/mol. The van der Waals surface area contributed by atoms with E-state index in [0.29, 0.717) is 12.7 Å². The van der Waals surface area contributed by atoms with Crippen molar-refractivity contribution < 1.29 is 9.84 Å². The summed E-state index contributed by atoms with van der Waals surface area (Å²) in [6.45, 7) is 3.68. The molecule has 0 amide bonds. The van der Waals surface area contributed by atoms with Crippen LogP contribution in [0.1, 0.15) is 6.92 Å². The molecular formula is C6H13NO2. The van der Waals surface area contributed by atoms with Crippen LogP contribution in [0.3, 0.4) is 0 Å². The van der Waals surface area contributed by atoms with E-state index in [1.165, 1.54) is 0 Å². The predicted octanol–water partition coefficient (Wildman–Crippen LogP) is -0.644. The SMILES string of the molecule is C[C@H]1CN[C@@H](CO)CO1.